The first-order valence-corrected chi connectivity index (χ1v) is 8.57. The van der Waals surface area contributed by atoms with Crippen LogP contribution in [0, 0.1) is 18.0 Å². The lowest BCUT2D eigenvalue weighted by Gasteiger charge is -1.96. The first-order chi connectivity index (χ1) is 11.8. The number of rotatable bonds is 2. The highest BCUT2D eigenvalue weighted by atomic mass is 32.1. The third kappa shape index (κ3) is 2.82. The smallest absolute Gasteiger partial charge is 0.159 e. The van der Waals surface area contributed by atoms with Gasteiger partial charge in [-0.15, -0.1) is 11.3 Å². The fourth-order valence-electron chi connectivity index (χ4n) is 2.46. The number of hydrogen-bond donors (Lipinski definition) is 0. The Kier molecular flexibility index (Phi) is 3.86. The molecular weight excluding hydrogens is 314 g/mol. The van der Waals surface area contributed by atoms with Crippen molar-refractivity contribution in [2.24, 2.45) is 0 Å². The summed E-state index contributed by atoms with van der Waals surface area (Å²) in [6, 6.07) is 14.1. The zero-order valence-electron chi connectivity index (χ0n) is 13.2. The molecule has 0 amide bonds. The molecule has 0 aliphatic rings. The summed E-state index contributed by atoms with van der Waals surface area (Å²) in [5.74, 6) is 6.40. The van der Waals surface area contributed by atoms with Crippen LogP contribution in [0.1, 0.15) is 23.1 Å². The Hall–Kier alpha value is -2.90. The summed E-state index contributed by atoms with van der Waals surface area (Å²) in [6.45, 7) is 2.08. The molecule has 0 unspecified atom stereocenters. The predicted molar refractivity (Wildman–Crippen MR) is 96.9 cm³/mol. The second-order valence-corrected chi connectivity index (χ2v) is 6.36. The van der Waals surface area contributed by atoms with Crippen molar-refractivity contribution in [3.05, 3.63) is 77.2 Å². The Labute approximate surface area is 144 Å². The highest BCUT2D eigenvalue weighted by Gasteiger charge is 2.10. The van der Waals surface area contributed by atoms with Crippen molar-refractivity contribution in [1.29, 1.82) is 0 Å². The second kappa shape index (κ2) is 6.31. The summed E-state index contributed by atoms with van der Waals surface area (Å²) in [4.78, 5) is 11.2. The molecular formula is C20H14N3S. The summed E-state index contributed by atoms with van der Waals surface area (Å²) in [5, 5.41) is 0. The third-order valence-electron chi connectivity index (χ3n) is 3.65. The molecule has 4 aromatic rings. The van der Waals surface area contributed by atoms with Crippen LogP contribution in [0.15, 0.2) is 54.9 Å². The van der Waals surface area contributed by atoms with E-state index in [4.69, 9.17) is 4.98 Å². The van der Waals surface area contributed by atoms with Gasteiger partial charge in [0.15, 0.2) is 5.65 Å². The molecule has 0 saturated heterocycles. The number of aryl methyl sites for hydroxylation is 1. The molecule has 0 bridgehead atoms. The Balaban J connectivity index is 1.67. The standard InChI is InChI=1S/C20H14N3S/c1-2-17-20-22-18(14-23(20)13-12-21-17)19-11-10-16(24-19)9-8-15-6-4-3-5-7-15/h3-7,10-13H,2H2,1H3. The summed E-state index contributed by atoms with van der Waals surface area (Å²) in [6.07, 6.45) is 7.83. The first-order valence-electron chi connectivity index (χ1n) is 7.76. The van der Waals surface area contributed by atoms with Crippen LogP contribution >= 0.6 is 11.3 Å². The van der Waals surface area contributed by atoms with E-state index >= 15 is 0 Å². The third-order valence-corrected chi connectivity index (χ3v) is 4.66. The zero-order chi connectivity index (χ0) is 16.4. The van der Waals surface area contributed by atoms with Gasteiger partial charge >= 0.3 is 0 Å². The van der Waals surface area contributed by atoms with E-state index in [1.165, 1.54) is 0 Å². The molecule has 3 heterocycles. The molecule has 4 rings (SSSR count). The minimum Gasteiger partial charge on any atom is -0.295 e. The number of benzene rings is 1. The SMILES string of the molecule is CCc1nccn2[c]c(-c3ccc(C#Cc4ccccc4)s3)nc12. The topological polar surface area (TPSA) is 30.2 Å². The van der Waals surface area contributed by atoms with Gasteiger partial charge in [0.1, 0.15) is 11.9 Å². The van der Waals surface area contributed by atoms with E-state index in [1.54, 1.807) is 17.5 Å². The molecule has 3 aromatic heterocycles. The van der Waals surface area contributed by atoms with E-state index in [-0.39, 0.29) is 0 Å². The van der Waals surface area contributed by atoms with Gasteiger partial charge in [0.2, 0.25) is 0 Å². The highest BCUT2D eigenvalue weighted by molar-refractivity contribution is 7.16. The molecule has 0 N–H and O–H groups in total. The average molecular weight is 328 g/mol. The van der Waals surface area contributed by atoms with E-state index in [2.05, 4.69) is 36.0 Å². The van der Waals surface area contributed by atoms with Gasteiger partial charge in [-0.2, -0.15) is 0 Å². The molecule has 0 spiro atoms. The van der Waals surface area contributed by atoms with Gasteiger partial charge in [0.05, 0.1) is 15.4 Å². The fourth-order valence-corrected chi connectivity index (χ4v) is 3.26. The minimum atomic E-state index is 0.843. The maximum Gasteiger partial charge on any atom is 0.159 e. The lowest BCUT2D eigenvalue weighted by atomic mass is 10.2. The van der Waals surface area contributed by atoms with Gasteiger partial charge in [0, 0.05) is 18.0 Å². The van der Waals surface area contributed by atoms with Crippen LogP contribution in [-0.4, -0.2) is 14.4 Å². The van der Waals surface area contributed by atoms with E-state index in [9.17, 15) is 0 Å². The second-order valence-electron chi connectivity index (χ2n) is 5.27. The normalized spacial score (nSPS) is 10.5. The van der Waals surface area contributed by atoms with Gasteiger partial charge in [-0.25, -0.2) is 4.98 Å². The van der Waals surface area contributed by atoms with Gasteiger partial charge in [-0.1, -0.05) is 37.0 Å². The minimum absolute atomic E-state index is 0.843. The van der Waals surface area contributed by atoms with Crippen LogP contribution in [0.2, 0.25) is 0 Å². The van der Waals surface area contributed by atoms with Crippen LogP contribution < -0.4 is 0 Å². The Morgan fingerprint density at radius 3 is 2.83 bits per heavy atom. The highest BCUT2D eigenvalue weighted by Crippen LogP contribution is 2.27. The molecule has 1 radical (unpaired) electrons. The van der Waals surface area contributed by atoms with Crippen LogP contribution in [0.4, 0.5) is 0 Å². The van der Waals surface area contributed by atoms with Crippen molar-refractivity contribution >= 4 is 17.0 Å². The van der Waals surface area contributed by atoms with Crippen molar-refractivity contribution in [3.63, 3.8) is 0 Å². The van der Waals surface area contributed by atoms with Crippen LogP contribution in [0.25, 0.3) is 16.2 Å². The zero-order valence-corrected chi connectivity index (χ0v) is 14.0. The maximum atomic E-state index is 4.69. The number of fused-ring (bicyclic) bond motifs is 1. The average Bonchev–Trinajstić information content (AvgIpc) is 3.27. The summed E-state index contributed by atoms with van der Waals surface area (Å²) < 4.78 is 1.91. The van der Waals surface area contributed by atoms with E-state index in [1.807, 2.05) is 47.0 Å². The molecule has 4 heteroatoms. The van der Waals surface area contributed by atoms with Gasteiger partial charge < -0.3 is 0 Å². The summed E-state index contributed by atoms with van der Waals surface area (Å²) >= 11 is 1.63. The molecule has 1 aromatic carbocycles. The van der Waals surface area contributed by atoms with Crippen molar-refractivity contribution < 1.29 is 0 Å². The fraction of sp³-hybridized carbons (Fsp3) is 0.100. The predicted octanol–water partition coefficient (Wildman–Crippen LogP) is 4.22. The van der Waals surface area contributed by atoms with E-state index in [0.29, 0.717) is 0 Å². The molecule has 0 fully saturated rings. The van der Waals surface area contributed by atoms with Crippen molar-refractivity contribution in [3.8, 4) is 22.4 Å². The number of aromatic nitrogens is 3. The first kappa shape index (κ1) is 14.7. The summed E-state index contributed by atoms with van der Waals surface area (Å²) in [7, 11) is 0. The Morgan fingerprint density at radius 2 is 2.00 bits per heavy atom. The Bertz CT molecular complexity index is 1050. The Morgan fingerprint density at radius 1 is 1.12 bits per heavy atom. The van der Waals surface area contributed by atoms with Crippen LogP contribution in [0.5, 0.6) is 0 Å². The van der Waals surface area contributed by atoms with Crippen molar-refractivity contribution in [2.75, 3.05) is 0 Å². The molecule has 24 heavy (non-hydrogen) atoms. The molecule has 0 atom stereocenters. The number of thiophene rings is 1. The number of hydrogen-bond acceptors (Lipinski definition) is 3. The number of nitrogens with zero attached hydrogens (tertiary/aromatic N) is 3. The number of imidazole rings is 1. The lowest BCUT2D eigenvalue weighted by Crippen LogP contribution is -1.93. The van der Waals surface area contributed by atoms with Crippen molar-refractivity contribution in [2.45, 2.75) is 13.3 Å². The van der Waals surface area contributed by atoms with Gasteiger partial charge in [0.25, 0.3) is 0 Å². The van der Waals surface area contributed by atoms with Gasteiger partial charge in [-0.05, 0) is 30.7 Å². The summed E-state index contributed by atoms with van der Waals surface area (Å²) in [5.41, 5.74) is 3.72. The molecule has 0 aliphatic heterocycles. The van der Waals surface area contributed by atoms with E-state index in [0.717, 1.165) is 38.8 Å². The molecule has 0 saturated carbocycles. The molecule has 3 nitrogen and oxygen atoms in total. The lowest BCUT2D eigenvalue weighted by molar-refractivity contribution is 0.992. The quantitative estimate of drug-likeness (QED) is 0.516. The molecule has 0 aliphatic carbocycles. The van der Waals surface area contributed by atoms with Crippen LogP contribution in [0.3, 0.4) is 0 Å². The maximum absolute atomic E-state index is 4.69. The van der Waals surface area contributed by atoms with Crippen LogP contribution in [-0.2, 0) is 6.42 Å². The largest absolute Gasteiger partial charge is 0.295 e. The van der Waals surface area contributed by atoms with E-state index < -0.39 is 0 Å². The monoisotopic (exact) mass is 328 g/mol. The van der Waals surface area contributed by atoms with Crippen molar-refractivity contribution in [1.82, 2.24) is 14.4 Å². The van der Waals surface area contributed by atoms with Gasteiger partial charge in [-0.3, -0.25) is 9.38 Å². The molecule has 115 valence electrons.